The summed E-state index contributed by atoms with van der Waals surface area (Å²) in [7, 11) is -3.87. The molecule has 1 saturated heterocycles. The summed E-state index contributed by atoms with van der Waals surface area (Å²) in [6.45, 7) is 0.348. The minimum Gasteiger partial charge on any atom is -0.348 e. The van der Waals surface area contributed by atoms with Gasteiger partial charge in [0.15, 0.2) is 12.6 Å². The molecule has 122 valence electrons. The molecule has 2 atom stereocenters. The van der Waals surface area contributed by atoms with E-state index in [0.29, 0.717) is 13.0 Å². The van der Waals surface area contributed by atoms with Crippen LogP contribution in [-0.2, 0) is 23.8 Å². The second-order valence-corrected chi connectivity index (χ2v) is 7.37. The van der Waals surface area contributed by atoms with Crippen LogP contribution in [0.4, 0.5) is 0 Å². The van der Waals surface area contributed by atoms with Crippen molar-refractivity contribution < 1.29 is 22.1 Å². The molecule has 0 aromatic heterocycles. The highest BCUT2D eigenvalue weighted by molar-refractivity contribution is 9.10. The Kier molecular flexibility index (Phi) is 5.13. The first kappa shape index (κ1) is 16.6. The van der Waals surface area contributed by atoms with Crippen molar-refractivity contribution >= 4 is 26.0 Å². The van der Waals surface area contributed by atoms with Gasteiger partial charge in [0.1, 0.15) is 0 Å². The molecule has 0 amide bonds. The van der Waals surface area contributed by atoms with Gasteiger partial charge >= 0.3 is 0 Å². The van der Waals surface area contributed by atoms with E-state index in [1.54, 1.807) is 18.2 Å². The summed E-state index contributed by atoms with van der Waals surface area (Å²) in [6, 6.07) is 15.5. The zero-order chi connectivity index (χ0) is 16.3. The van der Waals surface area contributed by atoms with Gasteiger partial charge in [0.25, 0.3) is 10.1 Å². The van der Waals surface area contributed by atoms with Crippen LogP contribution in [0, 0.1) is 0 Å². The van der Waals surface area contributed by atoms with E-state index < -0.39 is 22.7 Å². The van der Waals surface area contributed by atoms with Crippen molar-refractivity contribution in [3.63, 3.8) is 0 Å². The molecule has 0 saturated carbocycles. The van der Waals surface area contributed by atoms with Crippen molar-refractivity contribution in [3.05, 3.63) is 64.6 Å². The molecule has 0 unspecified atom stereocenters. The predicted octanol–water partition coefficient (Wildman–Crippen LogP) is 3.62. The van der Waals surface area contributed by atoms with Crippen LogP contribution >= 0.6 is 15.9 Å². The maximum Gasteiger partial charge on any atom is 0.299 e. The minimum atomic E-state index is -3.87. The first-order valence-electron chi connectivity index (χ1n) is 7.06. The normalized spacial score (nSPS) is 22.0. The van der Waals surface area contributed by atoms with E-state index >= 15 is 0 Å². The summed E-state index contributed by atoms with van der Waals surface area (Å²) in [5.74, 6) is 0. The van der Waals surface area contributed by atoms with E-state index in [-0.39, 0.29) is 4.90 Å². The lowest BCUT2D eigenvalue weighted by molar-refractivity contribution is -0.264. The average Bonchev–Trinajstić information content (AvgIpc) is 2.56. The quantitative estimate of drug-likeness (QED) is 0.735. The monoisotopic (exact) mass is 398 g/mol. The number of ether oxygens (including phenoxy) is 2. The van der Waals surface area contributed by atoms with Gasteiger partial charge in [-0.1, -0.05) is 52.3 Å². The fourth-order valence-corrected chi connectivity index (χ4v) is 3.70. The Morgan fingerprint density at radius 2 is 1.74 bits per heavy atom. The SMILES string of the molecule is O=S(=O)(O[C@H]1CCO[C@H](c2ccccc2Br)O1)c1ccccc1. The number of hydrogen-bond donors (Lipinski definition) is 0. The summed E-state index contributed by atoms with van der Waals surface area (Å²) in [5.41, 5.74) is 0.790. The average molecular weight is 399 g/mol. The van der Waals surface area contributed by atoms with E-state index in [1.165, 1.54) is 12.1 Å². The molecule has 0 bridgehead atoms. The van der Waals surface area contributed by atoms with Gasteiger partial charge in [0.05, 0.1) is 11.5 Å². The van der Waals surface area contributed by atoms with Crippen LogP contribution < -0.4 is 0 Å². The van der Waals surface area contributed by atoms with Gasteiger partial charge in [0, 0.05) is 16.5 Å². The molecule has 1 fully saturated rings. The Bertz CT molecular complexity index is 763. The Morgan fingerprint density at radius 3 is 2.48 bits per heavy atom. The molecule has 7 heteroatoms. The maximum absolute atomic E-state index is 12.3. The van der Waals surface area contributed by atoms with Crippen LogP contribution in [0.25, 0.3) is 0 Å². The lowest BCUT2D eigenvalue weighted by Crippen LogP contribution is -2.31. The van der Waals surface area contributed by atoms with E-state index in [9.17, 15) is 8.42 Å². The van der Waals surface area contributed by atoms with E-state index in [0.717, 1.165) is 10.0 Å². The van der Waals surface area contributed by atoms with Crippen LogP contribution in [0.15, 0.2) is 64.0 Å². The zero-order valence-corrected chi connectivity index (χ0v) is 14.5. The van der Waals surface area contributed by atoms with Crippen LogP contribution in [0.1, 0.15) is 18.3 Å². The molecule has 0 N–H and O–H groups in total. The van der Waals surface area contributed by atoms with E-state index in [4.69, 9.17) is 13.7 Å². The summed E-state index contributed by atoms with van der Waals surface area (Å²) in [6.07, 6.45) is -1.21. The van der Waals surface area contributed by atoms with Crippen molar-refractivity contribution in [2.24, 2.45) is 0 Å². The van der Waals surface area contributed by atoms with Gasteiger partial charge in [-0.15, -0.1) is 0 Å². The van der Waals surface area contributed by atoms with Crippen molar-refractivity contribution in [2.75, 3.05) is 6.61 Å². The third-order valence-corrected chi connectivity index (χ3v) is 5.36. The van der Waals surface area contributed by atoms with Crippen LogP contribution in [0.3, 0.4) is 0 Å². The van der Waals surface area contributed by atoms with Crippen molar-refractivity contribution in [1.29, 1.82) is 0 Å². The van der Waals surface area contributed by atoms with Crippen molar-refractivity contribution in [2.45, 2.75) is 23.9 Å². The minimum absolute atomic E-state index is 0.104. The first-order valence-corrected chi connectivity index (χ1v) is 9.26. The third kappa shape index (κ3) is 3.99. The van der Waals surface area contributed by atoms with Crippen molar-refractivity contribution in [3.8, 4) is 0 Å². The van der Waals surface area contributed by atoms with Gasteiger partial charge in [-0.05, 0) is 18.2 Å². The number of benzene rings is 2. The van der Waals surface area contributed by atoms with Gasteiger partial charge < -0.3 is 9.47 Å². The van der Waals surface area contributed by atoms with Crippen LogP contribution in [0.5, 0.6) is 0 Å². The first-order chi connectivity index (χ1) is 11.1. The highest BCUT2D eigenvalue weighted by Crippen LogP contribution is 2.32. The molecule has 3 rings (SSSR count). The Balaban J connectivity index is 1.73. The number of hydrogen-bond acceptors (Lipinski definition) is 5. The molecule has 0 aliphatic carbocycles. The van der Waals surface area contributed by atoms with Gasteiger partial charge in [-0.25, -0.2) is 4.18 Å². The molecule has 1 heterocycles. The molecule has 2 aromatic rings. The molecule has 2 aromatic carbocycles. The fraction of sp³-hybridized carbons (Fsp3) is 0.250. The molecule has 0 radical (unpaired) electrons. The second kappa shape index (κ2) is 7.11. The largest absolute Gasteiger partial charge is 0.348 e. The van der Waals surface area contributed by atoms with Crippen LogP contribution in [0.2, 0.25) is 0 Å². The summed E-state index contributed by atoms with van der Waals surface area (Å²) < 4.78 is 41.8. The highest BCUT2D eigenvalue weighted by atomic mass is 79.9. The topological polar surface area (TPSA) is 61.8 Å². The molecular weight excluding hydrogens is 384 g/mol. The molecule has 5 nitrogen and oxygen atoms in total. The Labute approximate surface area is 143 Å². The summed E-state index contributed by atoms with van der Waals surface area (Å²) in [5, 5.41) is 0. The molecule has 1 aliphatic heterocycles. The summed E-state index contributed by atoms with van der Waals surface area (Å²) >= 11 is 3.43. The Hall–Kier alpha value is -1.25. The van der Waals surface area contributed by atoms with Crippen molar-refractivity contribution in [1.82, 2.24) is 0 Å². The number of halogens is 1. The smallest absolute Gasteiger partial charge is 0.299 e. The molecule has 1 aliphatic rings. The van der Waals surface area contributed by atoms with Gasteiger partial charge in [-0.3, -0.25) is 0 Å². The van der Waals surface area contributed by atoms with Gasteiger partial charge in [0.2, 0.25) is 0 Å². The van der Waals surface area contributed by atoms with Crippen LogP contribution in [-0.4, -0.2) is 21.3 Å². The van der Waals surface area contributed by atoms with Gasteiger partial charge in [-0.2, -0.15) is 8.42 Å². The fourth-order valence-electron chi connectivity index (χ4n) is 2.20. The zero-order valence-electron chi connectivity index (χ0n) is 12.1. The standard InChI is InChI=1S/C16H15BrO5S/c17-14-9-5-4-8-13(14)16-20-11-10-15(21-16)22-23(18,19)12-6-2-1-3-7-12/h1-9,15-16H,10-11H2/t15-,16-/m0/s1. The third-order valence-electron chi connectivity index (χ3n) is 3.32. The molecule has 23 heavy (non-hydrogen) atoms. The highest BCUT2D eigenvalue weighted by Gasteiger charge is 2.30. The summed E-state index contributed by atoms with van der Waals surface area (Å²) in [4.78, 5) is 0.104. The maximum atomic E-state index is 12.3. The van der Waals surface area contributed by atoms with E-state index in [1.807, 2.05) is 24.3 Å². The molecular formula is C16H15BrO5S. The lowest BCUT2D eigenvalue weighted by Gasteiger charge is -2.30. The predicted molar refractivity (Wildman–Crippen MR) is 87.0 cm³/mol. The van der Waals surface area contributed by atoms with E-state index in [2.05, 4.69) is 15.9 Å². The Morgan fingerprint density at radius 1 is 1.04 bits per heavy atom. The second-order valence-electron chi connectivity index (χ2n) is 4.94. The number of rotatable bonds is 4. The lowest BCUT2D eigenvalue weighted by atomic mass is 10.2. The molecule has 0 spiro atoms.